The first-order valence-electron chi connectivity index (χ1n) is 8.91. The van der Waals surface area contributed by atoms with E-state index in [2.05, 4.69) is 0 Å². The van der Waals surface area contributed by atoms with Crippen LogP contribution in [0.25, 0.3) is 0 Å². The molecule has 0 radical (unpaired) electrons. The lowest BCUT2D eigenvalue weighted by atomic mass is 9.90. The molecular formula is C23H22O4S. The Morgan fingerprint density at radius 3 is 1.96 bits per heavy atom. The zero-order valence-electron chi connectivity index (χ0n) is 15.5. The third kappa shape index (κ3) is 4.49. The van der Waals surface area contributed by atoms with Crippen molar-refractivity contribution in [2.45, 2.75) is 16.9 Å². The van der Waals surface area contributed by atoms with Crippen LogP contribution < -0.4 is 0 Å². The normalized spacial score (nSPS) is 12.9. The average Bonchev–Trinajstić information content (AvgIpc) is 2.73. The largest absolute Gasteiger partial charge is 0.508 e. The number of hydrogen-bond donors (Lipinski definition) is 2. The van der Waals surface area contributed by atoms with Crippen molar-refractivity contribution in [1.29, 1.82) is 0 Å². The lowest BCUT2D eigenvalue weighted by Gasteiger charge is -2.27. The lowest BCUT2D eigenvalue weighted by molar-refractivity contribution is -0.142. The molecule has 0 fully saturated rings. The van der Waals surface area contributed by atoms with Gasteiger partial charge in [-0.25, -0.2) is 0 Å². The molecule has 0 unspecified atom stereocenters. The molecule has 28 heavy (non-hydrogen) atoms. The number of rotatable bonds is 7. The van der Waals surface area contributed by atoms with Crippen molar-refractivity contribution in [3.8, 4) is 11.5 Å². The van der Waals surface area contributed by atoms with Gasteiger partial charge in [-0.05, 0) is 17.7 Å². The third-order valence-corrected chi connectivity index (χ3v) is 5.93. The summed E-state index contributed by atoms with van der Waals surface area (Å²) >= 11 is 1.53. The van der Waals surface area contributed by atoms with Gasteiger partial charge in [0.1, 0.15) is 17.4 Å². The molecule has 0 aromatic heterocycles. The molecule has 0 aliphatic rings. The predicted octanol–water partition coefficient (Wildman–Crippen LogP) is 5.03. The number of para-hydroxylation sites is 2. The number of methoxy groups -OCH3 is 1. The zero-order chi connectivity index (χ0) is 19.9. The zero-order valence-corrected chi connectivity index (χ0v) is 16.3. The molecule has 0 aliphatic carbocycles. The first-order valence-corrected chi connectivity index (χ1v) is 9.96. The van der Waals surface area contributed by atoms with E-state index in [4.69, 9.17) is 4.74 Å². The quantitative estimate of drug-likeness (QED) is 0.550. The SMILES string of the molecule is COC(=O)[C@H](c1ccccc1O)[C@H](SCc1ccccc1)c1ccccc1O. The summed E-state index contributed by atoms with van der Waals surface area (Å²) in [4.78, 5) is 12.8. The summed E-state index contributed by atoms with van der Waals surface area (Å²) in [5, 5.41) is 20.4. The molecule has 2 atom stereocenters. The van der Waals surface area contributed by atoms with Crippen molar-refractivity contribution in [2.75, 3.05) is 7.11 Å². The molecule has 5 heteroatoms. The standard InChI is InChI=1S/C23H22O4S/c1-27-23(26)21(17-11-5-7-13-19(17)24)22(18-12-6-8-14-20(18)25)28-15-16-9-3-2-4-10-16/h2-14,21-22,24-25H,15H2,1H3/t21-,22-/m1/s1. The Morgan fingerprint density at radius 2 is 1.39 bits per heavy atom. The van der Waals surface area contributed by atoms with E-state index in [9.17, 15) is 15.0 Å². The maximum absolute atomic E-state index is 12.8. The molecule has 0 aliphatic heterocycles. The second-order valence-electron chi connectivity index (χ2n) is 6.34. The Kier molecular flexibility index (Phi) is 6.61. The van der Waals surface area contributed by atoms with Gasteiger partial charge in [0.25, 0.3) is 0 Å². The fourth-order valence-electron chi connectivity index (χ4n) is 3.15. The van der Waals surface area contributed by atoms with Crippen LogP contribution in [0.5, 0.6) is 11.5 Å². The highest BCUT2D eigenvalue weighted by Crippen LogP contribution is 2.48. The van der Waals surface area contributed by atoms with Crippen molar-refractivity contribution in [3.63, 3.8) is 0 Å². The molecule has 0 saturated carbocycles. The number of carbonyl (C=O) groups excluding carboxylic acids is 1. The number of aromatic hydroxyl groups is 2. The van der Waals surface area contributed by atoms with Gasteiger partial charge in [-0.1, -0.05) is 66.7 Å². The van der Waals surface area contributed by atoms with Crippen LogP contribution in [-0.4, -0.2) is 23.3 Å². The van der Waals surface area contributed by atoms with Crippen molar-refractivity contribution in [1.82, 2.24) is 0 Å². The molecular weight excluding hydrogens is 372 g/mol. The summed E-state index contributed by atoms with van der Waals surface area (Å²) in [6, 6.07) is 23.6. The van der Waals surface area contributed by atoms with Gasteiger partial charge in [0.2, 0.25) is 0 Å². The highest BCUT2D eigenvalue weighted by molar-refractivity contribution is 7.98. The van der Waals surface area contributed by atoms with E-state index in [0.717, 1.165) is 5.56 Å². The van der Waals surface area contributed by atoms with E-state index < -0.39 is 17.1 Å². The summed E-state index contributed by atoms with van der Waals surface area (Å²) in [6.45, 7) is 0. The van der Waals surface area contributed by atoms with Gasteiger partial charge in [-0.15, -0.1) is 11.8 Å². The molecule has 0 bridgehead atoms. The van der Waals surface area contributed by atoms with Crippen LogP contribution in [0, 0.1) is 0 Å². The second kappa shape index (κ2) is 9.33. The monoisotopic (exact) mass is 394 g/mol. The van der Waals surface area contributed by atoms with E-state index >= 15 is 0 Å². The molecule has 0 amide bonds. The second-order valence-corrected chi connectivity index (χ2v) is 7.47. The van der Waals surface area contributed by atoms with E-state index in [1.807, 2.05) is 36.4 Å². The lowest BCUT2D eigenvalue weighted by Crippen LogP contribution is -2.21. The number of phenols is 2. The number of carbonyl (C=O) groups is 1. The number of esters is 1. The van der Waals surface area contributed by atoms with Crippen molar-refractivity contribution in [3.05, 3.63) is 95.6 Å². The molecule has 3 rings (SSSR count). The molecule has 0 spiro atoms. The first kappa shape index (κ1) is 19.8. The average molecular weight is 394 g/mol. The Balaban J connectivity index is 2.05. The highest BCUT2D eigenvalue weighted by Gasteiger charge is 2.35. The number of phenolic OH excluding ortho intramolecular Hbond substituents is 2. The van der Waals surface area contributed by atoms with Crippen molar-refractivity contribution in [2.24, 2.45) is 0 Å². The minimum Gasteiger partial charge on any atom is -0.508 e. The maximum atomic E-state index is 12.8. The molecule has 4 nitrogen and oxygen atoms in total. The van der Waals surface area contributed by atoms with E-state index in [-0.39, 0.29) is 11.5 Å². The van der Waals surface area contributed by atoms with Gasteiger partial charge in [-0.2, -0.15) is 0 Å². The van der Waals surface area contributed by atoms with Gasteiger partial charge >= 0.3 is 5.97 Å². The number of hydrogen-bond acceptors (Lipinski definition) is 5. The third-order valence-electron chi connectivity index (χ3n) is 4.55. The predicted molar refractivity (Wildman–Crippen MR) is 111 cm³/mol. The molecule has 0 saturated heterocycles. The fraction of sp³-hybridized carbons (Fsp3) is 0.174. The van der Waals surface area contributed by atoms with Gasteiger partial charge in [0.15, 0.2) is 0 Å². The van der Waals surface area contributed by atoms with Crippen LogP contribution in [0.15, 0.2) is 78.9 Å². The minimum absolute atomic E-state index is 0.0265. The van der Waals surface area contributed by atoms with Gasteiger partial charge in [0.05, 0.1) is 12.4 Å². The van der Waals surface area contributed by atoms with Crippen LogP contribution in [-0.2, 0) is 15.3 Å². The molecule has 0 heterocycles. The number of benzene rings is 3. The van der Waals surface area contributed by atoms with Crippen LogP contribution in [0.4, 0.5) is 0 Å². The topological polar surface area (TPSA) is 66.8 Å². The molecule has 144 valence electrons. The van der Waals surface area contributed by atoms with E-state index in [1.165, 1.54) is 18.9 Å². The summed E-state index contributed by atoms with van der Waals surface area (Å²) in [5.41, 5.74) is 2.21. The van der Waals surface area contributed by atoms with Crippen LogP contribution in [0.1, 0.15) is 27.9 Å². The maximum Gasteiger partial charge on any atom is 0.314 e. The Morgan fingerprint density at radius 1 is 0.857 bits per heavy atom. The first-order chi connectivity index (χ1) is 13.6. The van der Waals surface area contributed by atoms with Crippen LogP contribution in [0.2, 0.25) is 0 Å². The van der Waals surface area contributed by atoms with Crippen LogP contribution in [0.3, 0.4) is 0 Å². The Bertz CT molecular complexity index is 927. The summed E-state index contributed by atoms with van der Waals surface area (Å²) < 4.78 is 5.07. The number of thioether (sulfide) groups is 1. The summed E-state index contributed by atoms with van der Waals surface area (Å²) in [6.07, 6.45) is 0. The Labute approximate surface area is 168 Å². The van der Waals surface area contributed by atoms with Crippen molar-refractivity contribution < 1.29 is 19.7 Å². The number of ether oxygens (including phenoxy) is 1. The Hall–Kier alpha value is -2.92. The molecule has 2 N–H and O–H groups in total. The van der Waals surface area contributed by atoms with Gasteiger partial charge in [0, 0.05) is 16.9 Å². The summed E-state index contributed by atoms with van der Waals surface area (Å²) in [5.74, 6) is -0.458. The van der Waals surface area contributed by atoms with Crippen LogP contribution >= 0.6 is 11.8 Å². The van der Waals surface area contributed by atoms with E-state index in [0.29, 0.717) is 16.9 Å². The fourth-order valence-corrected chi connectivity index (χ4v) is 4.54. The molecule has 3 aromatic rings. The summed E-state index contributed by atoms with van der Waals surface area (Å²) in [7, 11) is 1.33. The highest BCUT2D eigenvalue weighted by atomic mass is 32.2. The smallest absolute Gasteiger partial charge is 0.314 e. The van der Waals surface area contributed by atoms with E-state index in [1.54, 1.807) is 42.5 Å². The molecule has 3 aromatic carbocycles. The minimum atomic E-state index is -0.770. The van der Waals surface area contributed by atoms with Crippen molar-refractivity contribution >= 4 is 17.7 Å². The van der Waals surface area contributed by atoms with Gasteiger partial charge in [-0.3, -0.25) is 4.79 Å². The van der Waals surface area contributed by atoms with Gasteiger partial charge < -0.3 is 14.9 Å².